The lowest BCUT2D eigenvalue weighted by molar-refractivity contribution is 0.282. The molecule has 0 radical (unpaired) electrons. The number of sulfonamides is 1. The van der Waals surface area contributed by atoms with E-state index in [0.717, 1.165) is 46.4 Å². The van der Waals surface area contributed by atoms with E-state index in [2.05, 4.69) is 33.3 Å². The average molecular weight is 589 g/mol. The van der Waals surface area contributed by atoms with Crippen LogP contribution in [0, 0.1) is 5.92 Å². The molecule has 0 bridgehead atoms. The van der Waals surface area contributed by atoms with Gasteiger partial charge in [-0.1, -0.05) is 48.9 Å². The number of rotatable bonds is 7. The van der Waals surface area contributed by atoms with Crippen molar-refractivity contribution in [3.63, 3.8) is 0 Å². The van der Waals surface area contributed by atoms with E-state index in [1.165, 1.54) is 0 Å². The summed E-state index contributed by atoms with van der Waals surface area (Å²) in [7, 11) is -3.47. The maximum atomic E-state index is 13.1. The molecule has 0 unspecified atom stereocenters. The van der Waals surface area contributed by atoms with E-state index in [1.807, 2.05) is 42.5 Å². The molecule has 2 aromatic heterocycles. The first kappa shape index (κ1) is 25.2. The number of nitrogens with one attached hydrogen (secondary N) is 1. The van der Waals surface area contributed by atoms with Crippen molar-refractivity contribution in [2.75, 3.05) is 25.0 Å². The predicted octanol–water partition coefficient (Wildman–Crippen LogP) is 5.89. The largest absolute Gasteiger partial charge is 0.370 e. The highest BCUT2D eigenvalue weighted by atomic mass is 79.9. The third-order valence-electron chi connectivity index (χ3n) is 6.69. The van der Waals surface area contributed by atoms with E-state index >= 15 is 0 Å². The monoisotopic (exact) mass is 587 g/mol. The Morgan fingerprint density at radius 1 is 1.11 bits per heavy atom. The van der Waals surface area contributed by atoms with Crippen LogP contribution in [0.15, 0.2) is 70.2 Å². The van der Waals surface area contributed by atoms with Crippen molar-refractivity contribution in [1.29, 1.82) is 0 Å². The van der Waals surface area contributed by atoms with Crippen LogP contribution in [0.25, 0.3) is 16.9 Å². The van der Waals surface area contributed by atoms with Crippen molar-refractivity contribution in [1.82, 2.24) is 18.9 Å². The van der Waals surface area contributed by atoms with E-state index in [9.17, 15) is 8.42 Å². The Bertz CT molecular complexity index is 1480. The van der Waals surface area contributed by atoms with Crippen LogP contribution in [0.2, 0.25) is 5.02 Å². The number of fused-ring (bicyclic) bond motifs is 1. The van der Waals surface area contributed by atoms with Crippen molar-refractivity contribution >= 4 is 49.0 Å². The summed E-state index contributed by atoms with van der Waals surface area (Å²) in [4.78, 5) is 5.12. The van der Waals surface area contributed by atoms with Gasteiger partial charge in [-0.2, -0.15) is 13.9 Å². The zero-order valence-electron chi connectivity index (χ0n) is 19.9. The highest BCUT2D eigenvalue weighted by molar-refractivity contribution is 9.10. The molecule has 10 heteroatoms. The molecular weight excluding hydrogens is 562 g/mol. The van der Waals surface area contributed by atoms with E-state index in [4.69, 9.17) is 16.6 Å². The van der Waals surface area contributed by atoms with E-state index in [1.54, 1.807) is 27.2 Å². The molecule has 0 spiro atoms. The second-order valence-corrected chi connectivity index (χ2v) is 12.2. The minimum absolute atomic E-state index is 0.338. The maximum Gasteiger partial charge on any atom is 0.243 e. The molecule has 5 rings (SSSR count). The molecular formula is C26H27BrClN5O2S. The molecule has 3 heterocycles. The van der Waals surface area contributed by atoms with Crippen LogP contribution in [0.4, 0.5) is 5.82 Å². The lowest BCUT2D eigenvalue weighted by atomic mass is 9.98. The third-order valence-corrected chi connectivity index (χ3v) is 9.50. The van der Waals surface area contributed by atoms with Crippen LogP contribution >= 0.6 is 27.5 Å². The molecule has 0 atom stereocenters. The molecule has 1 saturated heterocycles. The van der Waals surface area contributed by atoms with Crippen molar-refractivity contribution in [3.8, 4) is 11.3 Å². The van der Waals surface area contributed by atoms with Gasteiger partial charge >= 0.3 is 0 Å². The van der Waals surface area contributed by atoms with Crippen molar-refractivity contribution < 1.29 is 8.42 Å². The number of anilines is 1. The molecule has 36 heavy (non-hydrogen) atoms. The number of hydrogen-bond acceptors (Lipinski definition) is 5. The summed E-state index contributed by atoms with van der Waals surface area (Å²) in [6.07, 6.45) is 4.18. The molecule has 0 saturated carbocycles. The minimum atomic E-state index is -3.47. The predicted molar refractivity (Wildman–Crippen MR) is 147 cm³/mol. The van der Waals surface area contributed by atoms with Crippen molar-refractivity contribution in [2.24, 2.45) is 5.92 Å². The van der Waals surface area contributed by atoms with E-state index in [-0.39, 0.29) is 0 Å². The summed E-state index contributed by atoms with van der Waals surface area (Å²) in [6, 6.07) is 16.8. The number of piperidine rings is 1. The van der Waals surface area contributed by atoms with Crippen molar-refractivity contribution in [3.05, 3.63) is 75.9 Å². The van der Waals surface area contributed by atoms with Crippen LogP contribution in [0.1, 0.15) is 25.3 Å². The van der Waals surface area contributed by atoms with Gasteiger partial charge in [0, 0.05) is 36.3 Å². The van der Waals surface area contributed by atoms with Gasteiger partial charge in [0.25, 0.3) is 0 Å². The number of aryl methyl sites for hydroxylation is 1. The Kier molecular flexibility index (Phi) is 7.35. The van der Waals surface area contributed by atoms with Gasteiger partial charge in [-0.05, 0) is 64.9 Å². The van der Waals surface area contributed by atoms with E-state index < -0.39 is 10.0 Å². The Morgan fingerprint density at radius 2 is 1.83 bits per heavy atom. The zero-order chi connectivity index (χ0) is 25.3. The van der Waals surface area contributed by atoms with Crippen LogP contribution < -0.4 is 5.32 Å². The van der Waals surface area contributed by atoms with Crippen LogP contribution in [0.3, 0.4) is 0 Å². The number of nitrogens with zero attached hydrogens (tertiary/aromatic N) is 4. The molecule has 7 nitrogen and oxygen atoms in total. The van der Waals surface area contributed by atoms with Crippen LogP contribution in [0.5, 0.6) is 0 Å². The Hall–Kier alpha value is -2.46. The van der Waals surface area contributed by atoms with Gasteiger partial charge in [-0.15, -0.1) is 0 Å². The zero-order valence-corrected chi connectivity index (χ0v) is 23.0. The van der Waals surface area contributed by atoms with E-state index in [0.29, 0.717) is 41.1 Å². The summed E-state index contributed by atoms with van der Waals surface area (Å²) in [6.45, 7) is 3.78. The number of aromatic nitrogens is 3. The highest BCUT2D eigenvalue weighted by Gasteiger charge is 2.29. The molecule has 1 aliphatic heterocycles. The lowest BCUT2D eigenvalue weighted by Gasteiger charge is -2.31. The molecule has 0 aliphatic carbocycles. The highest BCUT2D eigenvalue weighted by Crippen LogP contribution is 2.31. The quantitative estimate of drug-likeness (QED) is 0.291. The average Bonchev–Trinajstić information content (AvgIpc) is 3.28. The normalized spacial score (nSPS) is 15.4. The second-order valence-electron chi connectivity index (χ2n) is 8.96. The first-order valence-corrected chi connectivity index (χ1v) is 14.6. The smallest absolute Gasteiger partial charge is 0.243 e. The fourth-order valence-electron chi connectivity index (χ4n) is 4.52. The maximum absolute atomic E-state index is 13.1. The molecule has 1 N–H and O–H groups in total. The van der Waals surface area contributed by atoms with Gasteiger partial charge in [0.15, 0.2) is 5.65 Å². The number of halogens is 2. The van der Waals surface area contributed by atoms with Crippen LogP contribution in [-0.4, -0.2) is 47.0 Å². The molecule has 188 valence electrons. The Labute approximate surface area is 224 Å². The lowest BCUT2D eigenvalue weighted by Crippen LogP contribution is -2.39. The summed E-state index contributed by atoms with van der Waals surface area (Å²) in [5.41, 5.74) is 3.44. The molecule has 1 aliphatic rings. The topological polar surface area (TPSA) is 79.6 Å². The SMILES string of the molecule is CCc1ccc(S(=O)(=O)N2CCC(CNc3cc(-c4ccccc4Cl)nc4c(Br)cnn34)CC2)cc1. The van der Waals surface area contributed by atoms with Crippen molar-refractivity contribution in [2.45, 2.75) is 31.1 Å². The first-order valence-electron chi connectivity index (χ1n) is 12.0. The van der Waals surface area contributed by atoms with Crippen LogP contribution in [-0.2, 0) is 16.4 Å². The molecule has 4 aromatic rings. The number of benzene rings is 2. The summed E-state index contributed by atoms with van der Waals surface area (Å²) in [5.74, 6) is 1.15. The number of hydrogen-bond donors (Lipinski definition) is 1. The fourth-order valence-corrected chi connectivity index (χ4v) is 6.57. The van der Waals surface area contributed by atoms with Gasteiger partial charge in [-0.25, -0.2) is 13.4 Å². The van der Waals surface area contributed by atoms with Gasteiger partial charge < -0.3 is 5.32 Å². The molecule has 2 aromatic carbocycles. The Balaban J connectivity index is 1.29. The minimum Gasteiger partial charge on any atom is -0.370 e. The standard InChI is InChI=1S/C26H27BrClN5O2S/c1-2-18-7-9-20(10-8-18)36(34,35)32-13-11-19(12-14-32)16-29-25-15-24(21-5-3-4-6-23(21)28)31-26-22(27)17-30-33(25)26/h3-10,15,17,19,29H,2,11-14,16H2,1H3. The Morgan fingerprint density at radius 3 is 2.53 bits per heavy atom. The van der Waals surface area contributed by atoms with Gasteiger partial charge in [0.05, 0.1) is 21.3 Å². The third kappa shape index (κ3) is 5.02. The molecule has 1 fully saturated rings. The first-order chi connectivity index (χ1) is 17.4. The molecule has 0 amide bonds. The van der Waals surface area contributed by atoms with Gasteiger partial charge in [0.2, 0.25) is 10.0 Å². The van der Waals surface area contributed by atoms with Gasteiger partial charge in [0.1, 0.15) is 5.82 Å². The summed E-state index contributed by atoms with van der Waals surface area (Å²) in [5, 5.41) is 8.61. The second kappa shape index (κ2) is 10.5. The summed E-state index contributed by atoms with van der Waals surface area (Å²) >= 11 is 9.97. The summed E-state index contributed by atoms with van der Waals surface area (Å²) < 4.78 is 30.4. The van der Waals surface area contributed by atoms with Gasteiger partial charge in [-0.3, -0.25) is 0 Å². The fraction of sp³-hybridized carbons (Fsp3) is 0.308.